The standard InChI is InChI=1S/C15H22N2O3/c1-10-7-15(8-10,9-16)14(18)17-11-4-12(19-2)6-13(5-11)20-3/h4-6,10H,7-9,16H2,1-3H3,(H,17,18). The van der Waals surface area contributed by atoms with E-state index in [1.54, 1.807) is 32.4 Å². The zero-order chi connectivity index (χ0) is 14.8. The van der Waals surface area contributed by atoms with Crippen molar-refractivity contribution in [1.29, 1.82) is 0 Å². The molecule has 0 atom stereocenters. The van der Waals surface area contributed by atoms with E-state index >= 15 is 0 Å². The number of nitrogens with one attached hydrogen (secondary N) is 1. The average Bonchev–Trinajstić information content (AvgIpc) is 2.42. The van der Waals surface area contributed by atoms with Crippen LogP contribution in [0, 0.1) is 11.3 Å². The molecule has 2 rings (SSSR count). The minimum absolute atomic E-state index is 0.0200. The first-order valence-electron chi connectivity index (χ1n) is 6.77. The zero-order valence-corrected chi connectivity index (χ0v) is 12.2. The average molecular weight is 278 g/mol. The van der Waals surface area contributed by atoms with Gasteiger partial charge in [0.2, 0.25) is 5.91 Å². The lowest BCUT2D eigenvalue weighted by molar-refractivity contribution is -0.132. The van der Waals surface area contributed by atoms with Crippen LogP contribution >= 0.6 is 0 Å². The van der Waals surface area contributed by atoms with Crippen LogP contribution in [0.2, 0.25) is 0 Å². The highest BCUT2D eigenvalue weighted by Crippen LogP contribution is 2.45. The second-order valence-corrected chi connectivity index (χ2v) is 5.55. The summed E-state index contributed by atoms with van der Waals surface area (Å²) in [7, 11) is 3.16. The molecule has 0 bridgehead atoms. The van der Waals surface area contributed by atoms with Crippen molar-refractivity contribution in [2.75, 3.05) is 26.1 Å². The zero-order valence-electron chi connectivity index (χ0n) is 12.2. The van der Waals surface area contributed by atoms with Crippen LogP contribution in [0.25, 0.3) is 0 Å². The maximum atomic E-state index is 12.4. The van der Waals surface area contributed by atoms with Gasteiger partial charge in [-0.3, -0.25) is 4.79 Å². The van der Waals surface area contributed by atoms with Gasteiger partial charge in [-0.1, -0.05) is 6.92 Å². The number of nitrogens with two attached hydrogens (primary N) is 1. The van der Waals surface area contributed by atoms with Crippen molar-refractivity contribution in [3.05, 3.63) is 18.2 Å². The molecule has 5 heteroatoms. The van der Waals surface area contributed by atoms with Crippen molar-refractivity contribution in [2.24, 2.45) is 17.1 Å². The maximum Gasteiger partial charge on any atom is 0.231 e. The van der Waals surface area contributed by atoms with Crippen molar-refractivity contribution in [2.45, 2.75) is 19.8 Å². The molecule has 20 heavy (non-hydrogen) atoms. The Morgan fingerprint density at radius 2 is 1.85 bits per heavy atom. The SMILES string of the molecule is COc1cc(NC(=O)C2(CN)CC(C)C2)cc(OC)c1. The molecule has 110 valence electrons. The summed E-state index contributed by atoms with van der Waals surface area (Å²) < 4.78 is 10.4. The van der Waals surface area contributed by atoms with Gasteiger partial charge >= 0.3 is 0 Å². The third-order valence-corrected chi connectivity index (χ3v) is 3.96. The number of hydrogen-bond donors (Lipinski definition) is 2. The molecule has 1 aliphatic carbocycles. The van der Waals surface area contributed by atoms with Gasteiger partial charge in [0.15, 0.2) is 0 Å². The molecule has 0 unspecified atom stereocenters. The van der Waals surface area contributed by atoms with Crippen molar-refractivity contribution < 1.29 is 14.3 Å². The van der Waals surface area contributed by atoms with E-state index < -0.39 is 5.41 Å². The number of hydrogen-bond acceptors (Lipinski definition) is 4. The smallest absolute Gasteiger partial charge is 0.231 e. The first kappa shape index (κ1) is 14.7. The molecule has 0 aliphatic heterocycles. The van der Waals surface area contributed by atoms with E-state index in [1.807, 2.05) is 0 Å². The van der Waals surface area contributed by atoms with Gasteiger partial charge < -0.3 is 20.5 Å². The Labute approximate surface area is 119 Å². The van der Waals surface area contributed by atoms with Gasteiger partial charge in [0.05, 0.1) is 19.6 Å². The predicted octanol–water partition coefficient (Wildman–Crippen LogP) is 2.02. The fourth-order valence-corrected chi connectivity index (χ4v) is 2.86. The highest BCUT2D eigenvalue weighted by Gasteiger charge is 2.47. The summed E-state index contributed by atoms with van der Waals surface area (Å²) in [5.74, 6) is 1.82. The molecule has 1 amide bonds. The third kappa shape index (κ3) is 2.72. The Morgan fingerprint density at radius 3 is 2.25 bits per heavy atom. The topological polar surface area (TPSA) is 73.6 Å². The number of amides is 1. The van der Waals surface area contributed by atoms with Gasteiger partial charge in [-0.15, -0.1) is 0 Å². The molecular formula is C15H22N2O3. The van der Waals surface area contributed by atoms with E-state index in [2.05, 4.69) is 12.2 Å². The summed E-state index contributed by atoms with van der Waals surface area (Å²) in [6, 6.07) is 5.30. The number of ether oxygens (including phenoxy) is 2. The Hall–Kier alpha value is -1.75. The van der Waals surface area contributed by atoms with E-state index in [0.717, 1.165) is 12.8 Å². The molecule has 1 saturated carbocycles. The lowest BCUT2D eigenvalue weighted by atomic mass is 9.62. The highest BCUT2D eigenvalue weighted by atomic mass is 16.5. The van der Waals surface area contributed by atoms with Crippen molar-refractivity contribution in [1.82, 2.24) is 0 Å². The Balaban J connectivity index is 2.15. The first-order chi connectivity index (χ1) is 9.52. The Kier molecular flexibility index (Phi) is 4.18. The first-order valence-corrected chi connectivity index (χ1v) is 6.77. The van der Waals surface area contributed by atoms with Gasteiger partial charge in [0.1, 0.15) is 11.5 Å². The van der Waals surface area contributed by atoms with Gasteiger partial charge in [0, 0.05) is 30.4 Å². The van der Waals surface area contributed by atoms with Crippen LogP contribution in [-0.2, 0) is 4.79 Å². The molecule has 3 N–H and O–H groups in total. The van der Waals surface area contributed by atoms with E-state index in [0.29, 0.717) is 29.6 Å². The lowest BCUT2D eigenvalue weighted by Crippen LogP contribution is -2.51. The fourth-order valence-electron chi connectivity index (χ4n) is 2.86. The number of anilines is 1. The van der Waals surface area contributed by atoms with Crippen molar-refractivity contribution >= 4 is 11.6 Å². The summed E-state index contributed by atoms with van der Waals surface area (Å²) >= 11 is 0. The third-order valence-electron chi connectivity index (χ3n) is 3.96. The van der Waals surface area contributed by atoms with Crippen LogP contribution in [0.15, 0.2) is 18.2 Å². The number of methoxy groups -OCH3 is 2. The summed E-state index contributed by atoms with van der Waals surface area (Å²) in [5.41, 5.74) is 6.03. The molecule has 5 nitrogen and oxygen atoms in total. The van der Waals surface area contributed by atoms with Crippen LogP contribution in [-0.4, -0.2) is 26.7 Å². The van der Waals surface area contributed by atoms with Gasteiger partial charge in [0.25, 0.3) is 0 Å². The number of rotatable bonds is 5. The monoisotopic (exact) mass is 278 g/mol. The Bertz CT molecular complexity index is 474. The number of carbonyl (C=O) groups is 1. The molecule has 1 aromatic rings. The largest absolute Gasteiger partial charge is 0.497 e. The van der Waals surface area contributed by atoms with E-state index in [9.17, 15) is 4.79 Å². The maximum absolute atomic E-state index is 12.4. The summed E-state index contributed by atoms with van der Waals surface area (Å²) in [6.45, 7) is 2.51. The molecule has 0 spiro atoms. The van der Waals surface area contributed by atoms with E-state index in [-0.39, 0.29) is 5.91 Å². The molecule has 1 aliphatic rings. The molecule has 0 heterocycles. The predicted molar refractivity (Wildman–Crippen MR) is 78.1 cm³/mol. The van der Waals surface area contributed by atoms with Gasteiger partial charge in [-0.25, -0.2) is 0 Å². The Morgan fingerprint density at radius 1 is 1.30 bits per heavy atom. The normalized spacial score (nSPS) is 24.7. The summed E-state index contributed by atoms with van der Waals surface area (Å²) in [6.07, 6.45) is 1.69. The van der Waals surface area contributed by atoms with Crippen molar-refractivity contribution in [3.8, 4) is 11.5 Å². The van der Waals surface area contributed by atoms with Crippen LogP contribution in [0.5, 0.6) is 11.5 Å². The van der Waals surface area contributed by atoms with E-state index in [1.165, 1.54) is 0 Å². The summed E-state index contributed by atoms with van der Waals surface area (Å²) in [4.78, 5) is 12.4. The van der Waals surface area contributed by atoms with E-state index in [4.69, 9.17) is 15.2 Å². The molecule has 1 aromatic carbocycles. The second kappa shape index (κ2) is 5.71. The second-order valence-electron chi connectivity index (χ2n) is 5.55. The molecule has 1 fully saturated rings. The van der Waals surface area contributed by atoms with Crippen LogP contribution in [0.1, 0.15) is 19.8 Å². The van der Waals surface area contributed by atoms with Gasteiger partial charge in [-0.05, 0) is 18.8 Å². The van der Waals surface area contributed by atoms with Crippen molar-refractivity contribution in [3.63, 3.8) is 0 Å². The minimum Gasteiger partial charge on any atom is -0.497 e. The highest BCUT2D eigenvalue weighted by molar-refractivity contribution is 5.96. The molecular weight excluding hydrogens is 256 g/mol. The number of benzene rings is 1. The molecule has 0 aromatic heterocycles. The van der Waals surface area contributed by atoms with Crippen LogP contribution in [0.4, 0.5) is 5.69 Å². The minimum atomic E-state index is -0.421. The fraction of sp³-hybridized carbons (Fsp3) is 0.533. The quantitative estimate of drug-likeness (QED) is 0.864. The van der Waals surface area contributed by atoms with Crippen LogP contribution < -0.4 is 20.5 Å². The van der Waals surface area contributed by atoms with Gasteiger partial charge in [-0.2, -0.15) is 0 Å². The lowest BCUT2D eigenvalue weighted by Gasteiger charge is -2.44. The summed E-state index contributed by atoms with van der Waals surface area (Å²) in [5, 5.41) is 2.93. The molecule has 0 radical (unpaired) electrons. The number of carbonyl (C=O) groups excluding carboxylic acids is 1. The van der Waals surface area contributed by atoms with Crippen LogP contribution in [0.3, 0.4) is 0 Å². The molecule has 0 saturated heterocycles.